The molecule has 1 heterocycles. The van der Waals surface area contributed by atoms with Crippen molar-refractivity contribution in [3.63, 3.8) is 0 Å². The van der Waals surface area contributed by atoms with Crippen LogP contribution in [0, 0.1) is 11.6 Å². The van der Waals surface area contributed by atoms with Crippen molar-refractivity contribution in [3.8, 4) is 5.75 Å². The SMILES string of the molecule is O=C(Nc1ccc(C(=O)NCc2ncn[nH]2)c(O)c1)c1cc(F)cc(F)c1. The van der Waals surface area contributed by atoms with Crippen LogP contribution in [-0.2, 0) is 6.54 Å². The Kier molecular flexibility index (Phi) is 5.06. The third kappa shape index (κ3) is 4.42. The van der Waals surface area contributed by atoms with Gasteiger partial charge in [-0.1, -0.05) is 0 Å². The highest BCUT2D eigenvalue weighted by Gasteiger charge is 2.14. The topological polar surface area (TPSA) is 120 Å². The van der Waals surface area contributed by atoms with Crippen LogP contribution in [-0.4, -0.2) is 32.1 Å². The summed E-state index contributed by atoms with van der Waals surface area (Å²) in [4.78, 5) is 28.0. The second-order valence-electron chi connectivity index (χ2n) is 5.46. The first-order chi connectivity index (χ1) is 12.9. The van der Waals surface area contributed by atoms with E-state index < -0.39 is 23.4 Å². The predicted molar refractivity (Wildman–Crippen MR) is 90.0 cm³/mol. The van der Waals surface area contributed by atoms with Crippen LogP contribution < -0.4 is 10.6 Å². The highest BCUT2D eigenvalue weighted by atomic mass is 19.1. The van der Waals surface area contributed by atoms with E-state index in [4.69, 9.17) is 0 Å². The van der Waals surface area contributed by atoms with Gasteiger partial charge in [0.1, 0.15) is 29.5 Å². The fourth-order valence-corrected chi connectivity index (χ4v) is 2.26. The fraction of sp³-hybridized carbons (Fsp3) is 0.0588. The molecule has 10 heteroatoms. The molecule has 3 aromatic rings. The van der Waals surface area contributed by atoms with Crippen LogP contribution >= 0.6 is 0 Å². The highest BCUT2D eigenvalue weighted by Crippen LogP contribution is 2.22. The fourth-order valence-electron chi connectivity index (χ4n) is 2.26. The molecule has 0 saturated heterocycles. The van der Waals surface area contributed by atoms with Crippen molar-refractivity contribution in [2.45, 2.75) is 6.54 Å². The van der Waals surface area contributed by atoms with Crippen LogP contribution in [0.5, 0.6) is 5.75 Å². The minimum absolute atomic E-state index is 0.0238. The number of amides is 2. The standard InChI is InChI=1S/C17H13F2N5O3/c18-10-3-9(4-11(19)5-10)16(26)23-12-1-2-13(14(25)6-12)17(27)20-7-15-21-8-22-24-15/h1-6,8,25H,7H2,(H,20,27)(H,23,26)(H,21,22,24). The zero-order chi connectivity index (χ0) is 19.4. The summed E-state index contributed by atoms with van der Waals surface area (Å²) in [5.41, 5.74) is -0.0980. The molecule has 0 fully saturated rings. The summed E-state index contributed by atoms with van der Waals surface area (Å²) in [5.74, 6) is -3.05. The molecule has 0 saturated carbocycles. The van der Waals surface area contributed by atoms with Crippen molar-refractivity contribution in [1.82, 2.24) is 20.5 Å². The van der Waals surface area contributed by atoms with Gasteiger partial charge in [0.05, 0.1) is 12.1 Å². The Morgan fingerprint density at radius 3 is 2.44 bits per heavy atom. The number of carbonyl (C=O) groups excluding carboxylic acids is 2. The molecule has 2 aromatic carbocycles. The Labute approximate surface area is 151 Å². The monoisotopic (exact) mass is 373 g/mol. The number of carbonyl (C=O) groups is 2. The molecule has 0 atom stereocenters. The summed E-state index contributed by atoms with van der Waals surface area (Å²) < 4.78 is 26.4. The lowest BCUT2D eigenvalue weighted by atomic mass is 10.1. The minimum atomic E-state index is -0.887. The Morgan fingerprint density at radius 1 is 1.07 bits per heavy atom. The number of nitrogens with one attached hydrogen (secondary N) is 3. The quantitative estimate of drug-likeness (QED) is 0.545. The molecule has 0 bridgehead atoms. The van der Waals surface area contributed by atoms with Crippen LogP contribution in [0.4, 0.5) is 14.5 Å². The first-order valence-electron chi connectivity index (χ1n) is 7.65. The first kappa shape index (κ1) is 18.0. The average molecular weight is 373 g/mol. The lowest BCUT2D eigenvalue weighted by Crippen LogP contribution is -2.23. The van der Waals surface area contributed by atoms with Gasteiger partial charge in [0.2, 0.25) is 0 Å². The molecule has 0 aliphatic heterocycles. The second kappa shape index (κ2) is 7.60. The molecular weight excluding hydrogens is 360 g/mol. The highest BCUT2D eigenvalue weighted by molar-refractivity contribution is 6.05. The van der Waals surface area contributed by atoms with Gasteiger partial charge in [0.25, 0.3) is 11.8 Å². The normalized spacial score (nSPS) is 10.4. The summed E-state index contributed by atoms with van der Waals surface area (Å²) in [5, 5.41) is 21.2. The number of phenolic OH excluding ortho intramolecular Hbond substituents is 1. The van der Waals surface area contributed by atoms with Crippen molar-refractivity contribution in [3.05, 3.63) is 71.3 Å². The van der Waals surface area contributed by atoms with Crippen LogP contribution in [0.25, 0.3) is 0 Å². The molecule has 0 spiro atoms. The number of hydrogen-bond donors (Lipinski definition) is 4. The molecule has 0 unspecified atom stereocenters. The van der Waals surface area contributed by atoms with Crippen molar-refractivity contribution < 1.29 is 23.5 Å². The van der Waals surface area contributed by atoms with Crippen molar-refractivity contribution >= 4 is 17.5 Å². The largest absolute Gasteiger partial charge is 0.507 e. The maximum absolute atomic E-state index is 13.2. The third-order valence-corrected chi connectivity index (χ3v) is 3.51. The number of aromatic nitrogens is 3. The molecule has 0 radical (unpaired) electrons. The number of aromatic hydroxyl groups is 1. The van der Waals surface area contributed by atoms with E-state index in [1.54, 1.807) is 0 Å². The van der Waals surface area contributed by atoms with E-state index in [1.807, 2.05) is 0 Å². The van der Waals surface area contributed by atoms with Gasteiger partial charge in [-0.2, -0.15) is 5.10 Å². The third-order valence-electron chi connectivity index (χ3n) is 3.51. The van der Waals surface area contributed by atoms with E-state index in [0.717, 1.165) is 18.2 Å². The van der Waals surface area contributed by atoms with Gasteiger partial charge in [-0.15, -0.1) is 0 Å². The van der Waals surface area contributed by atoms with E-state index in [9.17, 15) is 23.5 Å². The molecule has 0 aliphatic carbocycles. The van der Waals surface area contributed by atoms with E-state index in [2.05, 4.69) is 25.8 Å². The zero-order valence-electron chi connectivity index (χ0n) is 13.7. The number of nitrogens with zero attached hydrogens (tertiary/aromatic N) is 2. The van der Waals surface area contributed by atoms with E-state index >= 15 is 0 Å². The number of hydrogen-bond acceptors (Lipinski definition) is 5. The van der Waals surface area contributed by atoms with Gasteiger partial charge in [0.15, 0.2) is 0 Å². The number of H-pyrrole nitrogens is 1. The van der Waals surface area contributed by atoms with Gasteiger partial charge in [-0.05, 0) is 24.3 Å². The van der Waals surface area contributed by atoms with Gasteiger partial charge < -0.3 is 15.7 Å². The number of rotatable bonds is 5. The summed E-state index contributed by atoms with van der Waals surface area (Å²) >= 11 is 0. The second-order valence-corrected chi connectivity index (χ2v) is 5.46. The Balaban J connectivity index is 1.68. The van der Waals surface area contributed by atoms with E-state index in [-0.39, 0.29) is 29.1 Å². The summed E-state index contributed by atoms with van der Waals surface area (Å²) in [7, 11) is 0. The van der Waals surface area contributed by atoms with Gasteiger partial charge in [0, 0.05) is 23.4 Å². The van der Waals surface area contributed by atoms with Gasteiger partial charge >= 0.3 is 0 Å². The molecule has 2 amide bonds. The minimum Gasteiger partial charge on any atom is -0.507 e. The average Bonchev–Trinajstić information content (AvgIpc) is 3.12. The number of halogens is 2. The van der Waals surface area contributed by atoms with Gasteiger partial charge in [-0.25, -0.2) is 13.8 Å². The van der Waals surface area contributed by atoms with Crippen molar-refractivity contribution in [2.75, 3.05) is 5.32 Å². The Morgan fingerprint density at radius 2 is 1.81 bits per heavy atom. The lowest BCUT2D eigenvalue weighted by Gasteiger charge is -2.09. The smallest absolute Gasteiger partial charge is 0.255 e. The molecule has 138 valence electrons. The number of phenols is 1. The van der Waals surface area contributed by atoms with Gasteiger partial charge in [-0.3, -0.25) is 14.7 Å². The Bertz CT molecular complexity index is 972. The molecule has 27 heavy (non-hydrogen) atoms. The first-order valence-corrected chi connectivity index (χ1v) is 7.65. The van der Waals surface area contributed by atoms with Crippen LogP contribution in [0.2, 0.25) is 0 Å². The Hall–Kier alpha value is -3.82. The number of anilines is 1. The van der Waals surface area contributed by atoms with E-state index in [0.29, 0.717) is 11.9 Å². The molecular formula is C17H13F2N5O3. The van der Waals surface area contributed by atoms with Crippen LogP contribution in [0.15, 0.2) is 42.7 Å². The summed E-state index contributed by atoms with van der Waals surface area (Å²) in [6, 6.07) is 6.22. The maximum Gasteiger partial charge on any atom is 0.255 e. The van der Waals surface area contributed by atoms with Crippen molar-refractivity contribution in [2.24, 2.45) is 0 Å². The van der Waals surface area contributed by atoms with Crippen LogP contribution in [0.1, 0.15) is 26.5 Å². The van der Waals surface area contributed by atoms with Crippen LogP contribution in [0.3, 0.4) is 0 Å². The zero-order valence-corrected chi connectivity index (χ0v) is 13.7. The lowest BCUT2D eigenvalue weighted by molar-refractivity contribution is 0.0946. The molecule has 0 aliphatic rings. The van der Waals surface area contributed by atoms with E-state index in [1.165, 1.54) is 18.5 Å². The predicted octanol–water partition coefficient (Wildman–Crippen LogP) is 1.97. The molecule has 4 N–H and O–H groups in total. The number of aromatic amines is 1. The summed E-state index contributed by atoms with van der Waals surface area (Å²) in [6.45, 7) is 0.0852. The van der Waals surface area contributed by atoms with Crippen molar-refractivity contribution in [1.29, 1.82) is 0 Å². The molecule has 1 aromatic heterocycles. The summed E-state index contributed by atoms with van der Waals surface area (Å²) in [6.07, 6.45) is 1.29. The number of benzene rings is 2. The molecule has 8 nitrogen and oxygen atoms in total. The molecule has 3 rings (SSSR count). The maximum atomic E-state index is 13.2.